The highest BCUT2D eigenvalue weighted by Crippen LogP contribution is 2.34. The lowest BCUT2D eigenvalue weighted by molar-refractivity contribution is -0.135. The van der Waals surface area contributed by atoms with E-state index in [1.807, 2.05) is 30.0 Å². The first-order valence-electron chi connectivity index (χ1n) is 11.4. The van der Waals surface area contributed by atoms with Crippen molar-refractivity contribution in [1.82, 2.24) is 19.8 Å². The molecule has 9 nitrogen and oxygen atoms in total. The number of hydrogen-bond donors (Lipinski definition) is 1. The molecule has 1 aromatic heterocycles. The number of likely N-dealkylation sites (N-methyl/N-ethyl adjacent to an activating group) is 1. The second kappa shape index (κ2) is 10.3. The zero-order valence-corrected chi connectivity index (χ0v) is 19.7. The van der Waals surface area contributed by atoms with Crippen molar-refractivity contribution in [2.45, 2.75) is 31.7 Å². The Kier molecular flexibility index (Phi) is 7.17. The van der Waals surface area contributed by atoms with Gasteiger partial charge in [-0.15, -0.1) is 0 Å². The highest BCUT2D eigenvalue weighted by atomic mass is 35.5. The van der Waals surface area contributed by atoms with E-state index in [9.17, 15) is 14.7 Å². The average Bonchev–Trinajstić information content (AvgIpc) is 3.29. The number of nitrogens with zero attached hydrogens (tertiary/aromatic N) is 6. The second-order valence-electron chi connectivity index (χ2n) is 8.67. The molecule has 2 aliphatic rings. The average molecular weight is 483 g/mol. The zero-order chi connectivity index (χ0) is 24.2. The number of likely N-dealkylation sites (tertiary alicyclic amines) is 1. The standard InChI is InChI=1S/C24H27ClN6O3/c1-2-31(24(33)34)21-15-30(14-20(21)16-3-5-18(25)6-4-16)23(32)17-7-9-29(10-8-17)22-13-27-19(11-26)12-28-22/h3-6,12-13,17,20-21H,2,7-10,14-15H2,1H3,(H,33,34)/t20-,21+/m0/s1. The predicted molar refractivity (Wildman–Crippen MR) is 127 cm³/mol. The van der Waals surface area contributed by atoms with Crippen LogP contribution in [0.5, 0.6) is 0 Å². The van der Waals surface area contributed by atoms with Crippen LogP contribution in [0.15, 0.2) is 36.7 Å². The molecule has 0 spiro atoms. The number of carbonyl (C=O) groups is 2. The Labute approximate surface area is 203 Å². The lowest BCUT2D eigenvalue weighted by Gasteiger charge is -2.33. The maximum atomic E-state index is 13.4. The van der Waals surface area contributed by atoms with E-state index in [1.54, 1.807) is 18.3 Å². The molecule has 0 saturated carbocycles. The summed E-state index contributed by atoms with van der Waals surface area (Å²) in [5.41, 5.74) is 1.26. The number of amides is 2. The third-order valence-electron chi connectivity index (χ3n) is 6.81. The van der Waals surface area contributed by atoms with E-state index in [4.69, 9.17) is 16.9 Å². The molecule has 2 atom stereocenters. The Morgan fingerprint density at radius 2 is 1.88 bits per heavy atom. The molecule has 2 fully saturated rings. The Bertz CT molecular complexity index is 1060. The van der Waals surface area contributed by atoms with Crippen molar-refractivity contribution in [3.8, 4) is 6.07 Å². The fourth-order valence-electron chi connectivity index (χ4n) is 4.99. The lowest BCUT2D eigenvalue weighted by atomic mass is 9.93. The van der Waals surface area contributed by atoms with E-state index in [2.05, 4.69) is 14.9 Å². The highest BCUT2D eigenvalue weighted by Gasteiger charge is 2.42. The van der Waals surface area contributed by atoms with Gasteiger partial charge in [0.2, 0.25) is 5.91 Å². The summed E-state index contributed by atoms with van der Waals surface area (Å²) in [6, 6.07) is 9.10. The Balaban J connectivity index is 1.44. The third kappa shape index (κ3) is 4.92. The molecule has 2 aromatic rings. The Morgan fingerprint density at radius 1 is 1.18 bits per heavy atom. The van der Waals surface area contributed by atoms with Crippen molar-refractivity contribution in [3.63, 3.8) is 0 Å². The van der Waals surface area contributed by atoms with Crippen molar-refractivity contribution >= 4 is 29.4 Å². The molecule has 1 N–H and O–H groups in total. The number of aromatic nitrogens is 2. The second-order valence-corrected chi connectivity index (χ2v) is 9.11. The molecular formula is C24H27ClN6O3. The fourth-order valence-corrected chi connectivity index (χ4v) is 5.11. The van der Waals surface area contributed by atoms with E-state index in [1.165, 1.54) is 11.1 Å². The minimum absolute atomic E-state index is 0.0773. The quantitative estimate of drug-likeness (QED) is 0.695. The maximum Gasteiger partial charge on any atom is 0.407 e. The molecule has 0 bridgehead atoms. The first kappa shape index (κ1) is 23.8. The summed E-state index contributed by atoms with van der Waals surface area (Å²) < 4.78 is 0. The smallest absolute Gasteiger partial charge is 0.407 e. The number of piperidine rings is 1. The normalized spacial score (nSPS) is 20.7. The molecule has 4 rings (SSSR count). The van der Waals surface area contributed by atoms with Gasteiger partial charge in [-0.25, -0.2) is 14.8 Å². The van der Waals surface area contributed by atoms with E-state index >= 15 is 0 Å². The summed E-state index contributed by atoms with van der Waals surface area (Å²) in [7, 11) is 0. The number of hydrogen-bond acceptors (Lipinski definition) is 6. The number of halogens is 1. The lowest BCUT2D eigenvalue weighted by Crippen LogP contribution is -2.45. The SMILES string of the molecule is CCN(C(=O)O)[C@@H]1CN(C(=O)C2CCN(c3cnc(C#N)cn3)CC2)C[C@H]1c1ccc(Cl)cc1. The third-order valence-corrected chi connectivity index (χ3v) is 7.06. The number of rotatable bonds is 5. The monoisotopic (exact) mass is 482 g/mol. The van der Waals surface area contributed by atoms with Gasteiger partial charge in [0.05, 0.1) is 18.4 Å². The van der Waals surface area contributed by atoms with E-state index in [0.717, 1.165) is 5.56 Å². The van der Waals surface area contributed by atoms with E-state index in [-0.39, 0.29) is 29.5 Å². The molecule has 0 aliphatic carbocycles. The minimum Gasteiger partial charge on any atom is -0.465 e. The van der Waals surface area contributed by atoms with Crippen LogP contribution in [0.3, 0.4) is 0 Å². The molecule has 2 saturated heterocycles. The van der Waals surface area contributed by atoms with Gasteiger partial charge in [-0.1, -0.05) is 23.7 Å². The molecule has 0 radical (unpaired) electrons. The van der Waals surface area contributed by atoms with Gasteiger partial charge in [0.1, 0.15) is 11.9 Å². The number of nitriles is 1. The van der Waals surface area contributed by atoms with Gasteiger partial charge < -0.3 is 19.8 Å². The van der Waals surface area contributed by atoms with Crippen LogP contribution in [0.2, 0.25) is 5.02 Å². The molecule has 178 valence electrons. The molecule has 2 amide bonds. The molecule has 10 heteroatoms. The number of benzene rings is 1. The first-order valence-corrected chi connectivity index (χ1v) is 11.8. The predicted octanol–water partition coefficient (Wildman–Crippen LogP) is 3.21. The summed E-state index contributed by atoms with van der Waals surface area (Å²) >= 11 is 6.05. The van der Waals surface area contributed by atoms with Crippen molar-refractivity contribution in [2.24, 2.45) is 5.92 Å². The number of anilines is 1. The van der Waals surface area contributed by atoms with Crippen LogP contribution in [-0.4, -0.2) is 75.6 Å². The number of carboxylic acid groups (broad SMARTS) is 1. The summed E-state index contributed by atoms with van der Waals surface area (Å²) in [6.45, 7) is 4.38. The summed E-state index contributed by atoms with van der Waals surface area (Å²) in [4.78, 5) is 39.1. The van der Waals surface area contributed by atoms with Gasteiger partial charge in [0.25, 0.3) is 0 Å². The van der Waals surface area contributed by atoms with Gasteiger partial charge in [-0.2, -0.15) is 5.26 Å². The van der Waals surface area contributed by atoms with Crippen LogP contribution >= 0.6 is 11.6 Å². The summed E-state index contributed by atoms with van der Waals surface area (Å²) in [5, 5.41) is 19.3. The summed E-state index contributed by atoms with van der Waals surface area (Å²) in [6.07, 6.45) is 3.44. The van der Waals surface area contributed by atoms with Gasteiger partial charge in [-0.3, -0.25) is 4.79 Å². The van der Waals surface area contributed by atoms with Crippen molar-refractivity contribution in [1.29, 1.82) is 5.26 Å². The molecule has 34 heavy (non-hydrogen) atoms. The van der Waals surface area contributed by atoms with Crippen molar-refractivity contribution in [3.05, 3.63) is 52.9 Å². The van der Waals surface area contributed by atoms with E-state index in [0.29, 0.717) is 56.4 Å². The molecule has 0 unspecified atom stereocenters. The van der Waals surface area contributed by atoms with Crippen molar-refractivity contribution < 1.29 is 14.7 Å². The minimum atomic E-state index is -0.974. The molecule has 2 aliphatic heterocycles. The van der Waals surface area contributed by atoms with Crippen LogP contribution in [0.25, 0.3) is 0 Å². The van der Waals surface area contributed by atoms with Crippen LogP contribution in [0.1, 0.15) is 36.9 Å². The van der Waals surface area contributed by atoms with Gasteiger partial charge >= 0.3 is 6.09 Å². The molecular weight excluding hydrogens is 456 g/mol. The van der Waals surface area contributed by atoms with Gasteiger partial charge in [0, 0.05) is 49.6 Å². The first-order chi connectivity index (χ1) is 16.4. The topological polar surface area (TPSA) is 114 Å². The number of carbonyl (C=O) groups excluding carboxylic acids is 1. The Hall–Kier alpha value is -3.38. The maximum absolute atomic E-state index is 13.4. The largest absolute Gasteiger partial charge is 0.465 e. The fraction of sp³-hybridized carbons (Fsp3) is 0.458. The Morgan fingerprint density at radius 3 is 2.44 bits per heavy atom. The molecule has 3 heterocycles. The highest BCUT2D eigenvalue weighted by molar-refractivity contribution is 6.30. The van der Waals surface area contributed by atoms with Crippen LogP contribution in [0.4, 0.5) is 10.6 Å². The van der Waals surface area contributed by atoms with Crippen molar-refractivity contribution in [2.75, 3.05) is 37.6 Å². The zero-order valence-electron chi connectivity index (χ0n) is 19.0. The van der Waals surface area contributed by atoms with Crippen LogP contribution in [0, 0.1) is 17.2 Å². The van der Waals surface area contributed by atoms with Crippen LogP contribution < -0.4 is 4.90 Å². The van der Waals surface area contributed by atoms with Gasteiger partial charge in [0.15, 0.2) is 5.69 Å². The summed E-state index contributed by atoms with van der Waals surface area (Å²) in [5.74, 6) is 0.556. The van der Waals surface area contributed by atoms with Gasteiger partial charge in [-0.05, 0) is 37.5 Å². The van der Waals surface area contributed by atoms with Crippen LogP contribution in [-0.2, 0) is 4.79 Å². The van der Waals surface area contributed by atoms with E-state index < -0.39 is 6.09 Å². The molecule has 1 aromatic carbocycles.